The van der Waals surface area contributed by atoms with E-state index in [0.717, 1.165) is 45.7 Å². The first-order valence-electron chi connectivity index (χ1n) is 13.0. The van der Waals surface area contributed by atoms with E-state index in [1.54, 1.807) is 18.2 Å². The van der Waals surface area contributed by atoms with Gasteiger partial charge in [0.2, 0.25) is 5.91 Å². The van der Waals surface area contributed by atoms with Crippen molar-refractivity contribution >= 4 is 17.4 Å². The van der Waals surface area contributed by atoms with Crippen LogP contribution < -0.4 is 5.32 Å². The Balaban J connectivity index is 1.03. The summed E-state index contributed by atoms with van der Waals surface area (Å²) in [6.45, 7) is 2.73. The minimum Gasteiger partial charge on any atom is -0.326 e. The molecule has 1 amide bonds. The Morgan fingerprint density at radius 1 is 0.972 bits per heavy atom. The highest BCUT2D eigenvalue weighted by molar-refractivity contribution is 5.94. The number of carbonyl (C=O) groups is 2. The van der Waals surface area contributed by atoms with Gasteiger partial charge in [-0.3, -0.25) is 14.5 Å². The minimum atomic E-state index is -2.98. The van der Waals surface area contributed by atoms with Gasteiger partial charge in [-0.05, 0) is 73.3 Å². The summed E-state index contributed by atoms with van der Waals surface area (Å²) in [5.41, 5.74) is 1.39. The normalized spacial score (nSPS) is 27.9. The van der Waals surface area contributed by atoms with E-state index in [4.69, 9.17) is 0 Å². The van der Waals surface area contributed by atoms with Crippen LogP contribution in [0.25, 0.3) is 0 Å². The van der Waals surface area contributed by atoms with Crippen LogP contribution in [0.1, 0.15) is 62.5 Å². The van der Waals surface area contributed by atoms with Crippen LogP contribution in [0.5, 0.6) is 0 Å². The molecule has 1 saturated heterocycles. The van der Waals surface area contributed by atoms with Gasteiger partial charge in [0.25, 0.3) is 5.92 Å². The van der Waals surface area contributed by atoms with Crippen LogP contribution >= 0.6 is 0 Å². The molecule has 2 aromatic carbocycles. The first-order chi connectivity index (χ1) is 17.2. The zero-order chi connectivity index (χ0) is 25.4. The highest BCUT2D eigenvalue weighted by Gasteiger charge is 2.59. The molecule has 36 heavy (non-hydrogen) atoms. The predicted octanol–water partition coefficient (Wildman–Crippen LogP) is 6.13. The van der Waals surface area contributed by atoms with Gasteiger partial charge in [0, 0.05) is 56.1 Å². The van der Waals surface area contributed by atoms with E-state index in [-0.39, 0.29) is 41.8 Å². The Morgan fingerprint density at radius 3 is 2.28 bits per heavy atom. The number of alkyl halides is 2. The van der Waals surface area contributed by atoms with E-state index < -0.39 is 5.92 Å². The number of nitrogens with zero attached hydrogens (tertiary/aromatic N) is 1. The maximum atomic E-state index is 13.5. The molecule has 2 aromatic rings. The average Bonchev–Trinajstić information content (AvgIpc) is 3.36. The maximum Gasteiger partial charge on any atom is 0.270 e. The summed E-state index contributed by atoms with van der Waals surface area (Å²) in [7, 11) is 0. The van der Waals surface area contributed by atoms with Crippen LogP contribution in [0.3, 0.4) is 0 Å². The summed E-state index contributed by atoms with van der Waals surface area (Å²) in [5, 5.41) is 2.64. The molecule has 3 atom stereocenters. The molecule has 2 aliphatic carbocycles. The number of hydrogen-bond acceptors (Lipinski definition) is 3. The Hall–Kier alpha value is -2.67. The number of benzene rings is 2. The predicted molar refractivity (Wildman–Crippen MR) is 132 cm³/mol. The average molecular weight is 499 g/mol. The Kier molecular flexibility index (Phi) is 6.95. The SMILES string of the molecule is CC(F)(F)c1cccc(NC(=O)CCC(=O)C2[C@H]3CN(C4CCC(c5ccc(F)cc5)CC4)C[C@@H]23)c1. The van der Waals surface area contributed by atoms with Gasteiger partial charge in [0.15, 0.2) is 0 Å². The summed E-state index contributed by atoms with van der Waals surface area (Å²) in [5.74, 6) is -1.98. The number of halogens is 3. The van der Waals surface area contributed by atoms with Gasteiger partial charge >= 0.3 is 0 Å². The van der Waals surface area contributed by atoms with Crippen LogP contribution in [-0.2, 0) is 15.5 Å². The Morgan fingerprint density at radius 2 is 1.64 bits per heavy atom. The highest BCUT2D eigenvalue weighted by atomic mass is 19.3. The smallest absolute Gasteiger partial charge is 0.270 e. The van der Waals surface area contributed by atoms with E-state index in [0.29, 0.717) is 29.5 Å². The van der Waals surface area contributed by atoms with E-state index in [1.165, 1.54) is 23.8 Å². The number of amides is 1. The lowest BCUT2D eigenvalue weighted by Crippen LogP contribution is -2.38. The van der Waals surface area contributed by atoms with Gasteiger partial charge in [-0.15, -0.1) is 0 Å². The van der Waals surface area contributed by atoms with Crippen molar-refractivity contribution in [2.45, 2.75) is 63.3 Å². The molecule has 5 rings (SSSR count). The summed E-state index contributed by atoms with van der Waals surface area (Å²) in [6, 6.07) is 13.1. The number of nitrogens with one attached hydrogen (secondary N) is 1. The van der Waals surface area contributed by atoms with Crippen molar-refractivity contribution in [3.8, 4) is 0 Å². The minimum absolute atomic E-state index is 0.0618. The maximum absolute atomic E-state index is 13.5. The van der Waals surface area contributed by atoms with E-state index in [2.05, 4.69) is 10.2 Å². The molecule has 1 aliphatic heterocycles. The zero-order valence-corrected chi connectivity index (χ0v) is 20.6. The zero-order valence-electron chi connectivity index (χ0n) is 20.6. The van der Waals surface area contributed by atoms with E-state index >= 15 is 0 Å². The van der Waals surface area contributed by atoms with Crippen LogP contribution in [0.15, 0.2) is 48.5 Å². The lowest BCUT2D eigenvalue weighted by atomic mass is 9.81. The lowest BCUT2D eigenvalue weighted by Gasteiger charge is -2.36. The number of ketones is 1. The molecule has 1 N–H and O–H groups in total. The van der Waals surface area contributed by atoms with Gasteiger partial charge < -0.3 is 5.32 Å². The number of hydrogen-bond donors (Lipinski definition) is 1. The third kappa shape index (κ3) is 5.51. The summed E-state index contributed by atoms with van der Waals surface area (Å²) in [4.78, 5) is 27.6. The van der Waals surface area contributed by atoms with Gasteiger partial charge in [-0.25, -0.2) is 13.2 Å². The van der Waals surface area contributed by atoms with Crippen molar-refractivity contribution in [3.05, 3.63) is 65.5 Å². The number of Topliss-reactive ketones (excluding diaryl/α,β-unsaturated/α-hetero) is 1. The lowest BCUT2D eigenvalue weighted by molar-refractivity contribution is -0.124. The number of carbonyl (C=O) groups excluding carboxylic acids is 2. The van der Waals surface area contributed by atoms with E-state index in [1.807, 2.05) is 12.1 Å². The summed E-state index contributed by atoms with van der Waals surface area (Å²) in [6.07, 6.45) is 4.74. The fraction of sp³-hybridized carbons (Fsp3) is 0.517. The molecule has 2 saturated carbocycles. The first-order valence-corrected chi connectivity index (χ1v) is 13.0. The summed E-state index contributed by atoms with van der Waals surface area (Å²) < 4.78 is 40.2. The molecule has 1 unspecified atom stereocenters. The van der Waals surface area contributed by atoms with Crippen LogP contribution in [0, 0.1) is 23.6 Å². The van der Waals surface area contributed by atoms with Crippen molar-refractivity contribution < 1.29 is 22.8 Å². The number of piperidine rings is 1. The van der Waals surface area contributed by atoms with Gasteiger partial charge in [-0.1, -0.05) is 24.3 Å². The Bertz CT molecular complexity index is 1090. The van der Waals surface area contributed by atoms with Gasteiger partial charge in [0.1, 0.15) is 11.6 Å². The van der Waals surface area contributed by atoms with Gasteiger partial charge in [0.05, 0.1) is 0 Å². The molecule has 192 valence electrons. The molecule has 7 heteroatoms. The molecule has 3 aliphatic rings. The van der Waals surface area contributed by atoms with Crippen LogP contribution in [0.4, 0.5) is 18.9 Å². The molecule has 0 bridgehead atoms. The second-order valence-electron chi connectivity index (χ2n) is 10.8. The van der Waals surface area contributed by atoms with Crippen molar-refractivity contribution in [3.63, 3.8) is 0 Å². The number of likely N-dealkylation sites (tertiary alicyclic amines) is 1. The van der Waals surface area contributed by atoms with Crippen molar-refractivity contribution in [2.24, 2.45) is 17.8 Å². The second-order valence-corrected chi connectivity index (χ2v) is 10.8. The molecule has 0 aromatic heterocycles. The monoisotopic (exact) mass is 498 g/mol. The van der Waals surface area contributed by atoms with Crippen molar-refractivity contribution in [1.29, 1.82) is 0 Å². The third-order valence-electron chi connectivity index (χ3n) is 8.40. The molecular formula is C29H33F3N2O2. The molecule has 4 nitrogen and oxygen atoms in total. The van der Waals surface area contributed by atoms with E-state index in [9.17, 15) is 22.8 Å². The fourth-order valence-electron chi connectivity index (χ4n) is 6.34. The van der Waals surface area contributed by atoms with Crippen LogP contribution in [-0.4, -0.2) is 35.7 Å². The fourth-order valence-corrected chi connectivity index (χ4v) is 6.34. The highest BCUT2D eigenvalue weighted by Crippen LogP contribution is 2.54. The molecular weight excluding hydrogens is 465 g/mol. The second kappa shape index (κ2) is 10.0. The number of anilines is 1. The largest absolute Gasteiger partial charge is 0.326 e. The number of rotatable bonds is 8. The molecule has 0 radical (unpaired) electrons. The third-order valence-corrected chi connectivity index (χ3v) is 8.40. The molecule has 1 heterocycles. The first kappa shape index (κ1) is 25.0. The van der Waals surface area contributed by atoms with Crippen molar-refractivity contribution in [2.75, 3.05) is 18.4 Å². The quantitative estimate of drug-likeness (QED) is 0.476. The standard InChI is InChI=1S/C29H33F3N2O2/c1-29(31,32)20-3-2-4-22(15-20)33-27(36)14-13-26(35)28-24-16-34(17-25(24)28)23-11-7-19(8-12-23)18-5-9-21(30)10-6-18/h2-6,9-10,15,19,23-25,28H,7-8,11-14,16-17H2,1H3,(H,33,36)/t19?,23?,24-,25+,28?. The van der Waals surface area contributed by atoms with Gasteiger partial charge in [-0.2, -0.15) is 0 Å². The topological polar surface area (TPSA) is 49.4 Å². The molecule has 0 spiro atoms. The van der Waals surface area contributed by atoms with Crippen molar-refractivity contribution in [1.82, 2.24) is 4.90 Å². The Labute approximate surface area is 210 Å². The van der Waals surface area contributed by atoms with Crippen LogP contribution in [0.2, 0.25) is 0 Å². The molecule has 3 fully saturated rings. The number of fused-ring (bicyclic) bond motifs is 1. The summed E-state index contributed by atoms with van der Waals surface area (Å²) >= 11 is 0.